The van der Waals surface area contributed by atoms with Crippen molar-refractivity contribution in [2.45, 2.75) is 32.8 Å². The van der Waals surface area contributed by atoms with Crippen molar-refractivity contribution in [3.05, 3.63) is 39.4 Å². The average Bonchev–Trinajstić information content (AvgIpc) is 3.12. The summed E-state index contributed by atoms with van der Waals surface area (Å²) in [6.07, 6.45) is 1.82. The number of benzene rings is 1. The maximum atomic E-state index is 12.8. The summed E-state index contributed by atoms with van der Waals surface area (Å²) in [7, 11) is 0. The predicted molar refractivity (Wildman–Crippen MR) is 89.6 cm³/mol. The molecule has 0 saturated carbocycles. The highest BCUT2D eigenvalue weighted by Gasteiger charge is 2.25. The van der Waals surface area contributed by atoms with E-state index in [2.05, 4.69) is 0 Å². The fraction of sp³-hybridized carbons (Fsp3) is 0.529. The van der Waals surface area contributed by atoms with E-state index in [1.807, 2.05) is 6.92 Å². The number of likely N-dealkylation sites (N-methyl/N-ethyl adjacent to an activating group) is 1. The summed E-state index contributed by atoms with van der Waals surface area (Å²) >= 11 is 0. The summed E-state index contributed by atoms with van der Waals surface area (Å²) in [6, 6.07) is 3.64. The maximum absolute atomic E-state index is 12.8. The summed E-state index contributed by atoms with van der Waals surface area (Å²) in [5.74, 6) is -1.06. The van der Waals surface area contributed by atoms with E-state index in [1.165, 1.54) is 12.1 Å². The van der Waals surface area contributed by atoms with Gasteiger partial charge in [-0.1, -0.05) is 0 Å². The van der Waals surface area contributed by atoms with Gasteiger partial charge in [0.1, 0.15) is 0 Å². The van der Waals surface area contributed by atoms with Crippen LogP contribution < -0.4 is 0 Å². The largest absolute Gasteiger partial charge is 0.462 e. The summed E-state index contributed by atoms with van der Waals surface area (Å²) in [5, 5.41) is 11.1. The number of esters is 1. The lowest BCUT2D eigenvalue weighted by Crippen LogP contribution is -2.37. The SMILES string of the molecule is CCOC(=O)c1cc(C(=O)N(CC)CC2CCCO2)cc([N+](=O)[O-])c1. The Morgan fingerprint density at radius 1 is 1.32 bits per heavy atom. The van der Waals surface area contributed by atoms with Crippen LogP contribution in [0.5, 0.6) is 0 Å². The first-order chi connectivity index (χ1) is 12.0. The van der Waals surface area contributed by atoms with Gasteiger partial charge in [0.25, 0.3) is 11.6 Å². The molecule has 0 bridgehead atoms. The second kappa shape index (κ2) is 8.57. The van der Waals surface area contributed by atoms with Gasteiger partial charge in [0.05, 0.1) is 23.2 Å². The first-order valence-electron chi connectivity index (χ1n) is 8.33. The van der Waals surface area contributed by atoms with Crippen LogP contribution in [0.3, 0.4) is 0 Å². The van der Waals surface area contributed by atoms with Crippen LogP contribution in [0.1, 0.15) is 47.4 Å². The van der Waals surface area contributed by atoms with Crippen molar-refractivity contribution in [1.29, 1.82) is 0 Å². The molecule has 1 atom stereocenters. The van der Waals surface area contributed by atoms with Crippen molar-refractivity contribution >= 4 is 17.6 Å². The lowest BCUT2D eigenvalue weighted by molar-refractivity contribution is -0.384. The topological polar surface area (TPSA) is 99.0 Å². The van der Waals surface area contributed by atoms with Crippen LogP contribution in [-0.4, -0.2) is 54.1 Å². The first-order valence-corrected chi connectivity index (χ1v) is 8.33. The van der Waals surface area contributed by atoms with Crippen LogP contribution in [0.25, 0.3) is 0 Å². The van der Waals surface area contributed by atoms with Gasteiger partial charge in [0.15, 0.2) is 0 Å². The summed E-state index contributed by atoms with van der Waals surface area (Å²) in [5.41, 5.74) is -0.230. The molecular formula is C17H22N2O6. The molecule has 8 heteroatoms. The highest BCUT2D eigenvalue weighted by Crippen LogP contribution is 2.21. The number of ether oxygens (including phenoxy) is 2. The lowest BCUT2D eigenvalue weighted by atomic mass is 10.1. The van der Waals surface area contributed by atoms with Gasteiger partial charge in [-0.3, -0.25) is 14.9 Å². The number of non-ortho nitro benzene ring substituents is 1. The Hall–Kier alpha value is -2.48. The third-order valence-electron chi connectivity index (χ3n) is 4.00. The number of hydrogen-bond acceptors (Lipinski definition) is 6. The molecule has 0 N–H and O–H groups in total. The number of hydrogen-bond donors (Lipinski definition) is 0. The van der Waals surface area contributed by atoms with E-state index < -0.39 is 10.9 Å². The Bertz CT molecular complexity index is 655. The van der Waals surface area contributed by atoms with Gasteiger partial charge in [0, 0.05) is 37.4 Å². The first kappa shape index (κ1) is 18.9. The van der Waals surface area contributed by atoms with E-state index >= 15 is 0 Å². The van der Waals surface area contributed by atoms with Crippen LogP contribution in [0.4, 0.5) is 5.69 Å². The number of carbonyl (C=O) groups excluding carboxylic acids is 2. The van der Waals surface area contributed by atoms with E-state index in [0.29, 0.717) is 19.7 Å². The van der Waals surface area contributed by atoms with E-state index in [-0.39, 0.29) is 35.4 Å². The molecule has 1 amide bonds. The molecule has 0 spiro atoms. The van der Waals surface area contributed by atoms with Crippen LogP contribution in [0.15, 0.2) is 18.2 Å². The number of rotatable bonds is 7. The molecule has 25 heavy (non-hydrogen) atoms. The monoisotopic (exact) mass is 350 g/mol. The zero-order chi connectivity index (χ0) is 18.4. The highest BCUT2D eigenvalue weighted by molar-refractivity contribution is 5.99. The zero-order valence-electron chi connectivity index (χ0n) is 14.4. The van der Waals surface area contributed by atoms with Crippen molar-refractivity contribution in [3.63, 3.8) is 0 Å². The fourth-order valence-corrected chi connectivity index (χ4v) is 2.74. The van der Waals surface area contributed by atoms with E-state index in [9.17, 15) is 19.7 Å². The van der Waals surface area contributed by atoms with E-state index in [0.717, 1.165) is 18.9 Å². The van der Waals surface area contributed by atoms with Crippen molar-refractivity contribution in [2.75, 3.05) is 26.3 Å². The van der Waals surface area contributed by atoms with Crippen molar-refractivity contribution in [2.24, 2.45) is 0 Å². The molecule has 0 radical (unpaired) electrons. The van der Waals surface area contributed by atoms with Gasteiger partial charge in [-0.05, 0) is 32.8 Å². The molecule has 1 heterocycles. The molecule has 8 nitrogen and oxygen atoms in total. The zero-order valence-corrected chi connectivity index (χ0v) is 14.4. The minimum atomic E-state index is -0.692. The average molecular weight is 350 g/mol. The quantitative estimate of drug-likeness (QED) is 0.425. The highest BCUT2D eigenvalue weighted by atomic mass is 16.6. The molecule has 1 unspecified atom stereocenters. The summed E-state index contributed by atoms with van der Waals surface area (Å²) < 4.78 is 10.4. The molecule has 1 aromatic carbocycles. The molecule has 1 aromatic rings. The minimum Gasteiger partial charge on any atom is -0.462 e. The Morgan fingerprint density at radius 2 is 2.04 bits per heavy atom. The number of nitro benzene ring substituents is 1. The Balaban J connectivity index is 2.29. The molecule has 0 aromatic heterocycles. The molecule has 0 aliphatic carbocycles. The fourth-order valence-electron chi connectivity index (χ4n) is 2.74. The smallest absolute Gasteiger partial charge is 0.338 e. The molecule has 1 fully saturated rings. The third-order valence-corrected chi connectivity index (χ3v) is 4.00. The molecule has 1 saturated heterocycles. The van der Waals surface area contributed by atoms with Gasteiger partial charge in [-0.2, -0.15) is 0 Å². The summed E-state index contributed by atoms with van der Waals surface area (Å²) in [4.78, 5) is 36.8. The van der Waals surface area contributed by atoms with E-state index in [1.54, 1.807) is 11.8 Å². The molecular weight excluding hydrogens is 328 g/mol. The van der Waals surface area contributed by atoms with Gasteiger partial charge in [-0.15, -0.1) is 0 Å². The van der Waals surface area contributed by atoms with Crippen LogP contribution in [-0.2, 0) is 9.47 Å². The summed E-state index contributed by atoms with van der Waals surface area (Å²) in [6.45, 7) is 5.16. The van der Waals surface area contributed by atoms with Crippen LogP contribution in [0.2, 0.25) is 0 Å². The number of nitrogens with zero attached hydrogens (tertiary/aromatic N) is 2. The molecule has 1 aliphatic heterocycles. The third kappa shape index (κ3) is 4.76. The van der Waals surface area contributed by atoms with Gasteiger partial charge in [-0.25, -0.2) is 4.79 Å². The number of nitro groups is 1. The second-order valence-corrected chi connectivity index (χ2v) is 5.72. The number of carbonyl (C=O) groups is 2. The van der Waals surface area contributed by atoms with E-state index in [4.69, 9.17) is 9.47 Å². The van der Waals surface area contributed by atoms with Gasteiger partial charge < -0.3 is 14.4 Å². The van der Waals surface area contributed by atoms with Crippen molar-refractivity contribution in [3.8, 4) is 0 Å². The molecule has 136 valence electrons. The Kier molecular flexibility index (Phi) is 6.46. The van der Waals surface area contributed by atoms with Gasteiger partial charge >= 0.3 is 5.97 Å². The van der Waals surface area contributed by atoms with Crippen LogP contribution in [0, 0.1) is 10.1 Å². The molecule has 1 aliphatic rings. The standard InChI is InChI=1S/C17H22N2O6/c1-3-18(11-15-6-5-7-25-15)16(20)12-8-13(17(21)24-4-2)10-14(9-12)19(22)23/h8-10,15H,3-7,11H2,1-2H3. The Labute approximate surface area is 145 Å². The van der Waals surface area contributed by atoms with Gasteiger partial charge in [0.2, 0.25) is 0 Å². The Morgan fingerprint density at radius 3 is 2.60 bits per heavy atom. The van der Waals surface area contributed by atoms with Crippen molar-refractivity contribution < 1.29 is 24.0 Å². The second-order valence-electron chi connectivity index (χ2n) is 5.72. The predicted octanol–water partition coefficient (Wildman–Crippen LogP) is 2.41. The lowest BCUT2D eigenvalue weighted by Gasteiger charge is -2.24. The minimum absolute atomic E-state index is 0.00688. The molecule has 2 rings (SSSR count). The number of amides is 1. The normalized spacial score (nSPS) is 16.5. The van der Waals surface area contributed by atoms with Crippen molar-refractivity contribution in [1.82, 2.24) is 4.90 Å². The van der Waals surface area contributed by atoms with Crippen LogP contribution >= 0.6 is 0 Å². The maximum Gasteiger partial charge on any atom is 0.338 e.